The number of carbonyl (C=O) groups is 1. The molecule has 0 aliphatic carbocycles. The van der Waals surface area contributed by atoms with Crippen molar-refractivity contribution in [3.63, 3.8) is 0 Å². The summed E-state index contributed by atoms with van der Waals surface area (Å²) < 4.78 is 0. The highest BCUT2D eigenvalue weighted by Crippen LogP contribution is 2.26. The third-order valence-electron chi connectivity index (χ3n) is 3.15. The van der Waals surface area contributed by atoms with Gasteiger partial charge < -0.3 is 10.6 Å². The average molecular weight is 258 g/mol. The molecule has 0 atom stereocenters. The summed E-state index contributed by atoms with van der Waals surface area (Å²) in [4.78, 5) is 14.4. The molecule has 102 valence electrons. The topological polar surface area (TPSA) is 46.3 Å². The lowest BCUT2D eigenvalue weighted by Gasteiger charge is -2.31. The zero-order valence-electron chi connectivity index (χ0n) is 11.7. The fourth-order valence-electron chi connectivity index (χ4n) is 1.97. The number of hydrogen-bond donors (Lipinski definition) is 1. The summed E-state index contributed by atoms with van der Waals surface area (Å²) in [6, 6.07) is 7.42. The van der Waals surface area contributed by atoms with Gasteiger partial charge in [0.2, 0.25) is 5.91 Å². The van der Waals surface area contributed by atoms with Gasteiger partial charge in [-0.3, -0.25) is 4.79 Å². The van der Waals surface area contributed by atoms with Crippen molar-refractivity contribution in [2.75, 3.05) is 18.8 Å². The van der Waals surface area contributed by atoms with Gasteiger partial charge in [-0.25, -0.2) is 0 Å². The molecular formula is C16H22N2O. The molecule has 0 heterocycles. The first-order valence-corrected chi connectivity index (χ1v) is 6.30. The molecule has 19 heavy (non-hydrogen) atoms. The van der Waals surface area contributed by atoms with Gasteiger partial charge in [-0.1, -0.05) is 24.3 Å². The molecule has 0 radical (unpaired) electrons. The second-order valence-corrected chi connectivity index (χ2v) is 5.03. The molecule has 1 aromatic rings. The second-order valence-electron chi connectivity index (χ2n) is 5.03. The molecule has 0 bridgehead atoms. The molecule has 1 amide bonds. The van der Waals surface area contributed by atoms with Crippen molar-refractivity contribution >= 4 is 11.6 Å². The third kappa shape index (κ3) is 3.47. The number of hydrogen-bond acceptors (Lipinski definition) is 2. The molecule has 0 aliphatic heterocycles. The Hall–Kier alpha value is -2.03. The predicted molar refractivity (Wildman–Crippen MR) is 80.9 cm³/mol. The minimum Gasteiger partial charge on any atom is -0.399 e. The molecular weight excluding hydrogens is 236 g/mol. The molecule has 3 nitrogen and oxygen atoms in total. The zero-order valence-corrected chi connectivity index (χ0v) is 11.7. The molecule has 0 saturated carbocycles. The number of nitrogens with zero attached hydrogens (tertiary/aromatic N) is 1. The van der Waals surface area contributed by atoms with Crippen molar-refractivity contribution in [2.45, 2.75) is 19.3 Å². The Balaban J connectivity index is 3.02. The maximum absolute atomic E-state index is 12.6. The standard InChI is InChI=1S/C16H22N2O/c1-5-11-18(12-6-2)15(19)16(3,4)13-7-9-14(17)10-8-13/h5-10H,1-2,11-12,17H2,3-4H3. The van der Waals surface area contributed by atoms with Crippen molar-refractivity contribution in [3.05, 3.63) is 55.1 Å². The summed E-state index contributed by atoms with van der Waals surface area (Å²) in [6.07, 6.45) is 3.45. The van der Waals surface area contributed by atoms with Gasteiger partial charge in [-0.2, -0.15) is 0 Å². The summed E-state index contributed by atoms with van der Waals surface area (Å²) in [7, 11) is 0. The van der Waals surface area contributed by atoms with Crippen LogP contribution in [0.25, 0.3) is 0 Å². The SMILES string of the molecule is C=CCN(CC=C)C(=O)C(C)(C)c1ccc(N)cc1. The van der Waals surface area contributed by atoms with Crippen molar-refractivity contribution in [1.82, 2.24) is 4.90 Å². The largest absolute Gasteiger partial charge is 0.399 e. The van der Waals surface area contributed by atoms with Crippen LogP contribution in [0.5, 0.6) is 0 Å². The zero-order chi connectivity index (χ0) is 14.5. The van der Waals surface area contributed by atoms with Crippen LogP contribution in [0, 0.1) is 0 Å². The second kappa shape index (κ2) is 6.23. The maximum Gasteiger partial charge on any atom is 0.233 e. The number of amides is 1. The molecule has 0 unspecified atom stereocenters. The van der Waals surface area contributed by atoms with Gasteiger partial charge in [0, 0.05) is 18.8 Å². The Bertz CT molecular complexity index is 450. The van der Waals surface area contributed by atoms with E-state index in [1.54, 1.807) is 17.1 Å². The van der Waals surface area contributed by atoms with Crippen LogP contribution in [0.1, 0.15) is 19.4 Å². The Morgan fingerprint density at radius 2 is 1.68 bits per heavy atom. The molecule has 3 heteroatoms. The highest BCUT2D eigenvalue weighted by atomic mass is 16.2. The summed E-state index contributed by atoms with van der Waals surface area (Å²) in [5.74, 6) is 0.0528. The normalized spacial score (nSPS) is 10.8. The molecule has 1 rings (SSSR count). The minimum absolute atomic E-state index is 0.0528. The van der Waals surface area contributed by atoms with Crippen LogP contribution in [0.4, 0.5) is 5.69 Å². The van der Waals surface area contributed by atoms with E-state index in [1.807, 2.05) is 38.1 Å². The fourth-order valence-corrected chi connectivity index (χ4v) is 1.97. The summed E-state index contributed by atoms with van der Waals surface area (Å²) in [5, 5.41) is 0. The van der Waals surface area contributed by atoms with Crippen molar-refractivity contribution < 1.29 is 4.79 Å². The summed E-state index contributed by atoms with van der Waals surface area (Å²) in [5.41, 5.74) is 6.73. The van der Waals surface area contributed by atoms with E-state index < -0.39 is 5.41 Å². The molecule has 0 saturated heterocycles. The Morgan fingerprint density at radius 3 is 2.11 bits per heavy atom. The number of anilines is 1. The Kier molecular flexibility index (Phi) is 4.93. The van der Waals surface area contributed by atoms with Gasteiger partial charge >= 0.3 is 0 Å². The predicted octanol–water partition coefficient (Wildman–Crippen LogP) is 2.75. The first-order valence-electron chi connectivity index (χ1n) is 6.30. The maximum atomic E-state index is 12.6. The molecule has 0 aliphatic rings. The van der Waals surface area contributed by atoms with E-state index >= 15 is 0 Å². The minimum atomic E-state index is -0.597. The highest BCUT2D eigenvalue weighted by molar-refractivity contribution is 5.87. The van der Waals surface area contributed by atoms with E-state index in [0.717, 1.165) is 5.56 Å². The Morgan fingerprint density at radius 1 is 1.21 bits per heavy atom. The van der Waals surface area contributed by atoms with Crippen LogP contribution in [-0.4, -0.2) is 23.9 Å². The fraction of sp³-hybridized carbons (Fsp3) is 0.312. The van der Waals surface area contributed by atoms with Crippen molar-refractivity contribution in [1.29, 1.82) is 0 Å². The average Bonchev–Trinajstić information content (AvgIpc) is 2.38. The number of rotatable bonds is 6. The molecule has 0 aromatic heterocycles. The molecule has 1 aromatic carbocycles. The van der Waals surface area contributed by atoms with Gasteiger partial charge in [0.05, 0.1) is 5.41 Å². The lowest BCUT2D eigenvalue weighted by molar-refractivity contribution is -0.135. The smallest absolute Gasteiger partial charge is 0.233 e. The van der Waals surface area contributed by atoms with Gasteiger partial charge in [0.25, 0.3) is 0 Å². The van der Waals surface area contributed by atoms with E-state index in [1.165, 1.54) is 0 Å². The summed E-state index contributed by atoms with van der Waals surface area (Å²) >= 11 is 0. The van der Waals surface area contributed by atoms with E-state index in [-0.39, 0.29) is 5.91 Å². The van der Waals surface area contributed by atoms with Crippen LogP contribution >= 0.6 is 0 Å². The first-order chi connectivity index (χ1) is 8.93. The van der Waals surface area contributed by atoms with Crippen LogP contribution in [0.3, 0.4) is 0 Å². The van der Waals surface area contributed by atoms with E-state index in [4.69, 9.17) is 5.73 Å². The Labute approximate surface area is 115 Å². The number of nitrogens with two attached hydrogens (primary N) is 1. The van der Waals surface area contributed by atoms with Crippen molar-refractivity contribution in [2.24, 2.45) is 0 Å². The van der Waals surface area contributed by atoms with Gasteiger partial charge in [-0.15, -0.1) is 13.2 Å². The van der Waals surface area contributed by atoms with Crippen LogP contribution in [-0.2, 0) is 10.2 Å². The van der Waals surface area contributed by atoms with Gasteiger partial charge in [0.15, 0.2) is 0 Å². The molecule has 0 spiro atoms. The lowest BCUT2D eigenvalue weighted by Crippen LogP contribution is -2.43. The molecule has 0 fully saturated rings. The highest BCUT2D eigenvalue weighted by Gasteiger charge is 2.32. The number of nitrogen functional groups attached to an aromatic ring is 1. The van der Waals surface area contributed by atoms with E-state index in [0.29, 0.717) is 18.8 Å². The monoisotopic (exact) mass is 258 g/mol. The van der Waals surface area contributed by atoms with Crippen LogP contribution in [0.2, 0.25) is 0 Å². The third-order valence-corrected chi connectivity index (χ3v) is 3.15. The number of carbonyl (C=O) groups excluding carboxylic acids is 1. The van der Waals surface area contributed by atoms with Crippen molar-refractivity contribution in [3.8, 4) is 0 Å². The molecule has 2 N–H and O–H groups in total. The first kappa shape index (κ1) is 15.0. The van der Waals surface area contributed by atoms with E-state index in [9.17, 15) is 4.79 Å². The van der Waals surface area contributed by atoms with E-state index in [2.05, 4.69) is 13.2 Å². The van der Waals surface area contributed by atoms with Gasteiger partial charge in [-0.05, 0) is 31.5 Å². The van der Waals surface area contributed by atoms with Crippen LogP contribution in [0.15, 0.2) is 49.6 Å². The number of benzene rings is 1. The van der Waals surface area contributed by atoms with Gasteiger partial charge in [0.1, 0.15) is 0 Å². The summed E-state index contributed by atoms with van der Waals surface area (Å²) in [6.45, 7) is 12.2. The quantitative estimate of drug-likeness (QED) is 0.630. The lowest BCUT2D eigenvalue weighted by atomic mass is 9.83. The van der Waals surface area contributed by atoms with Crippen LogP contribution < -0.4 is 5.73 Å².